The molecule has 0 amide bonds. The Labute approximate surface area is 149 Å². The third kappa shape index (κ3) is 2.83. The molecule has 124 valence electrons. The predicted octanol–water partition coefficient (Wildman–Crippen LogP) is 4.48. The first-order chi connectivity index (χ1) is 12.8. The summed E-state index contributed by atoms with van der Waals surface area (Å²) in [5, 5.41) is 16.0. The molecule has 0 aliphatic rings. The van der Waals surface area contributed by atoms with Crippen molar-refractivity contribution in [1.29, 1.82) is 0 Å². The highest BCUT2D eigenvalue weighted by molar-refractivity contribution is 5.85. The van der Waals surface area contributed by atoms with Gasteiger partial charge in [-0.05, 0) is 35.7 Å². The summed E-state index contributed by atoms with van der Waals surface area (Å²) in [4.78, 5) is 4.47. The molecule has 0 saturated heterocycles. The molecule has 0 radical (unpaired) electrons. The van der Waals surface area contributed by atoms with Gasteiger partial charge in [0.2, 0.25) is 0 Å². The Hall–Kier alpha value is -3.84. The van der Waals surface area contributed by atoms with Crippen LogP contribution in [0.4, 0.5) is 0 Å². The molecule has 2 aromatic carbocycles. The molecule has 26 heavy (non-hydrogen) atoms. The van der Waals surface area contributed by atoms with Gasteiger partial charge < -0.3 is 9.62 Å². The second-order valence-corrected chi connectivity index (χ2v) is 5.70. The molecule has 0 unspecified atom stereocenters. The summed E-state index contributed by atoms with van der Waals surface area (Å²) in [5.41, 5.74) is 2.02. The number of hydrogen-bond donors (Lipinski definition) is 1. The highest BCUT2D eigenvalue weighted by Crippen LogP contribution is 2.24. The lowest BCUT2D eigenvalue weighted by molar-refractivity contribution is 0.302. The molecule has 0 spiro atoms. The fourth-order valence-electron chi connectivity index (χ4n) is 2.81. The van der Waals surface area contributed by atoms with Gasteiger partial charge in [0.1, 0.15) is 16.6 Å². The summed E-state index contributed by atoms with van der Waals surface area (Å²) in [6, 6.07) is 17.1. The Kier molecular flexibility index (Phi) is 3.97. The van der Waals surface area contributed by atoms with E-state index in [2.05, 4.69) is 28.6 Å². The van der Waals surface area contributed by atoms with Crippen molar-refractivity contribution >= 4 is 21.7 Å². The molecule has 4 heteroatoms. The Morgan fingerprint density at radius 1 is 1.08 bits per heavy atom. The van der Waals surface area contributed by atoms with Crippen LogP contribution in [0.25, 0.3) is 33.2 Å². The zero-order valence-electron chi connectivity index (χ0n) is 13.8. The Balaban J connectivity index is 1.94. The molecule has 2 aromatic heterocycles. The first-order valence-corrected chi connectivity index (χ1v) is 8.02. The van der Waals surface area contributed by atoms with Crippen LogP contribution in [-0.4, -0.2) is 10.2 Å². The van der Waals surface area contributed by atoms with E-state index in [9.17, 15) is 5.21 Å². The Morgan fingerprint density at radius 3 is 2.73 bits per heavy atom. The topological polar surface area (TPSA) is 58.6 Å². The molecule has 0 bridgehead atoms. The number of aromatic nitrogens is 1. The molecule has 2 heterocycles. The number of nitrogens with zero attached hydrogens (tertiary/aromatic N) is 2. The lowest BCUT2D eigenvalue weighted by Gasteiger charge is -2.05. The van der Waals surface area contributed by atoms with Crippen LogP contribution in [0, 0.1) is 11.8 Å². The van der Waals surface area contributed by atoms with Crippen LogP contribution in [0.15, 0.2) is 83.0 Å². The van der Waals surface area contributed by atoms with Crippen LogP contribution in [0.2, 0.25) is 0 Å². The molecule has 4 rings (SSSR count). The predicted molar refractivity (Wildman–Crippen MR) is 101 cm³/mol. The summed E-state index contributed by atoms with van der Waals surface area (Å²) in [6.07, 6.45) is 3.33. The molecule has 4 aromatic rings. The standard InChI is InChI=1S/C22H14N2O2/c1-2-3-6-15-9-10-18-19(24-25)13-22(26-21(18)11-15)20-12-16-7-4-5-8-17(16)14-23-20/h2,4-5,7-14,25H,1H2/b24-19-. The normalized spacial score (nSPS) is 11.3. The van der Waals surface area contributed by atoms with Crippen LogP contribution in [0.1, 0.15) is 5.56 Å². The Morgan fingerprint density at radius 2 is 1.92 bits per heavy atom. The zero-order valence-corrected chi connectivity index (χ0v) is 13.8. The summed E-state index contributed by atoms with van der Waals surface area (Å²) < 4.78 is 6.03. The van der Waals surface area contributed by atoms with Crippen LogP contribution >= 0.6 is 0 Å². The van der Waals surface area contributed by atoms with E-state index in [0.717, 1.165) is 16.3 Å². The van der Waals surface area contributed by atoms with Gasteiger partial charge in [-0.15, -0.1) is 0 Å². The maximum Gasteiger partial charge on any atom is 0.155 e. The van der Waals surface area contributed by atoms with E-state index >= 15 is 0 Å². The fourth-order valence-corrected chi connectivity index (χ4v) is 2.81. The largest absolute Gasteiger partial charge is 0.454 e. The molecule has 0 aliphatic carbocycles. The smallest absolute Gasteiger partial charge is 0.155 e. The maximum atomic E-state index is 9.41. The van der Waals surface area contributed by atoms with E-state index < -0.39 is 0 Å². The van der Waals surface area contributed by atoms with E-state index in [-0.39, 0.29) is 0 Å². The minimum atomic E-state index is 0.416. The van der Waals surface area contributed by atoms with Crippen molar-refractivity contribution in [3.63, 3.8) is 0 Å². The van der Waals surface area contributed by atoms with Crippen LogP contribution < -0.4 is 5.36 Å². The van der Waals surface area contributed by atoms with Crippen molar-refractivity contribution in [3.8, 4) is 23.3 Å². The number of pyridine rings is 1. The van der Waals surface area contributed by atoms with Gasteiger partial charge in [0.15, 0.2) is 5.76 Å². The van der Waals surface area contributed by atoms with Gasteiger partial charge in [-0.3, -0.25) is 4.98 Å². The molecule has 0 aliphatic heterocycles. The number of allylic oxidation sites excluding steroid dienone is 1. The maximum absolute atomic E-state index is 9.41. The number of hydrogen-bond acceptors (Lipinski definition) is 4. The van der Waals surface area contributed by atoms with Crippen LogP contribution in [0.5, 0.6) is 0 Å². The molecular weight excluding hydrogens is 324 g/mol. The van der Waals surface area contributed by atoms with Crippen LogP contribution in [-0.2, 0) is 0 Å². The molecular formula is C22H14N2O2. The van der Waals surface area contributed by atoms with Crippen molar-refractivity contribution in [3.05, 3.63) is 84.4 Å². The summed E-state index contributed by atoms with van der Waals surface area (Å²) in [6.45, 7) is 3.59. The average Bonchev–Trinajstić information content (AvgIpc) is 2.70. The van der Waals surface area contributed by atoms with Crippen molar-refractivity contribution < 1.29 is 9.62 Å². The third-order valence-corrected chi connectivity index (χ3v) is 4.06. The van der Waals surface area contributed by atoms with Gasteiger partial charge in [0.25, 0.3) is 0 Å². The molecule has 0 saturated carbocycles. The lowest BCUT2D eigenvalue weighted by Crippen LogP contribution is -2.04. The van der Waals surface area contributed by atoms with Crippen molar-refractivity contribution in [2.75, 3.05) is 0 Å². The first kappa shape index (κ1) is 15.7. The van der Waals surface area contributed by atoms with Gasteiger partial charge in [-0.2, -0.15) is 0 Å². The zero-order chi connectivity index (χ0) is 17.9. The summed E-state index contributed by atoms with van der Waals surface area (Å²) >= 11 is 0. The van der Waals surface area contributed by atoms with Crippen LogP contribution in [0.3, 0.4) is 0 Å². The Bertz CT molecular complexity index is 1270. The highest BCUT2D eigenvalue weighted by Gasteiger charge is 2.09. The summed E-state index contributed by atoms with van der Waals surface area (Å²) in [5.74, 6) is 6.30. The van der Waals surface area contributed by atoms with Gasteiger partial charge in [0, 0.05) is 28.6 Å². The quantitative estimate of drug-likeness (QED) is 0.316. The van der Waals surface area contributed by atoms with Crippen molar-refractivity contribution in [2.24, 2.45) is 5.16 Å². The third-order valence-electron chi connectivity index (χ3n) is 4.06. The first-order valence-electron chi connectivity index (χ1n) is 8.02. The summed E-state index contributed by atoms with van der Waals surface area (Å²) in [7, 11) is 0. The minimum Gasteiger partial charge on any atom is -0.454 e. The van der Waals surface area contributed by atoms with Gasteiger partial charge >= 0.3 is 0 Å². The van der Waals surface area contributed by atoms with Crippen molar-refractivity contribution in [1.82, 2.24) is 4.98 Å². The van der Waals surface area contributed by atoms with E-state index in [1.54, 1.807) is 12.3 Å². The highest BCUT2D eigenvalue weighted by atomic mass is 16.4. The van der Waals surface area contributed by atoms with E-state index in [4.69, 9.17) is 4.42 Å². The van der Waals surface area contributed by atoms with E-state index in [1.165, 1.54) is 6.08 Å². The van der Waals surface area contributed by atoms with Gasteiger partial charge in [0.05, 0.1) is 0 Å². The lowest BCUT2D eigenvalue weighted by atomic mass is 10.1. The second-order valence-electron chi connectivity index (χ2n) is 5.70. The van der Waals surface area contributed by atoms with Crippen molar-refractivity contribution in [2.45, 2.75) is 0 Å². The minimum absolute atomic E-state index is 0.416. The monoisotopic (exact) mass is 338 g/mol. The van der Waals surface area contributed by atoms with Gasteiger partial charge in [-0.25, -0.2) is 0 Å². The SMILES string of the molecule is C=CC#Cc1ccc2/c(=N\O)cc(-c3cc4ccccc4cn3)oc2c1. The molecule has 4 nitrogen and oxygen atoms in total. The average molecular weight is 338 g/mol. The fraction of sp³-hybridized carbons (Fsp3) is 0. The number of rotatable bonds is 1. The molecule has 1 N–H and O–H groups in total. The molecule has 0 fully saturated rings. The number of benzene rings is 2. The molecule has 0 atom stereocenters. The van der Waals surface area contributed by atoms with E-state index in [1.807, 2.05) is 48.5 Å². The van der Waals surface area contributed by atoms with Gasteiger partial charge in [-0.1, -0.05) is 47.8 Å². The number of fused-ring (bicyclic) bond motifs is 2. The second kappa shape index (κ2) is 6.58. The van der Waals surface area contributed by atoms with E-state index in [0.29, 0.717) is 27.8 Å².